The highest BCUT2D eigenvalue weighted by Gasteiger charge is 2.40. The Morgan fingerprint density at radius 1 is 0.939 bits per heavy atom. The number of benzene rings is 1. The van der Waals surface area contributed by atoms with Gasteiger partial charge in [-0.05, 0) is 26.0 Å². The topological polar surface area (TPSA) is 110 Å². The van der Waals surface area contributed by atoms with Gasteiger partial charge in [0, 0.05) is 5.41 Å². The van der Waals surface area contributed by atoms with Gasteiger partial charge >= 0.3 is 17.9 Å². The fraction of sp³-hybridized carbons (Fsp3) is 0.455. The molecule has 1 aromatic rings. The van der Waals surface area contributed by atoms with E-state index >= 15 is 0 Å². The van der Waals surface area contributed by atoms with Crippen molar-refractivity contribution in [3.8, 4) is 11.5 Å². The molecule has 0 bridgehead atoms. The van der Waals surface area contributed by atoms with Crippen molar-refractivity contribution in [2.75, 3.05) is 26.4 Å². The highest BCUT2D eigenvalue weighted by atomic mass is 32.2. The maximum absolute atomic E-state index is 12.5. The van der Waals surface area contributed by atoms with Gasteiger partial charge in [-0.1, -0.05) is 49.5 Å². The van der Waals surface area contributed by atoms with Crippen molar-refractivity contribution >= 4 is 47.1 Å². The van der Waals surface area contributed by atoms with Crippen LogP contribution in [0.3, 0.4) is 0 Å². The van der Waals surface area contributed by atoms with Crippen LogP contribution in [0.4, 0.5) is 0 Å². The molecule has 0 spiro atoms. The number of fused-ring (bicyclic) bond motifs is 1. The number of thioether (sulfide) groups is 2. The SMILES string of the molecule is CCOC(=O)COc1ccc(OCC(=O)OCC)c2c1SC(=C1C(=O)ON=C1C(C)(C)C)S2. The monoisotopic (exact) mass is 495 g/mol. The quantitative estimate of drug-likeness (QED) is 0.299. The van der Waals surface area contributed by atoms with Crippen molar-refractivity contribution in [2.45, 2.75) is 44.4 Å². The van der Waals surface area contributed by atoms with E-state index in [4.69, 9.17) is 23.8 Å². The summed E-state index contributed by atoms with van der Waals surface area (Å²) < 4.78 is 21.9. The Bertz CT molecular complexity index is 973. The molecule has 0 saturated carbocycles. The van der Waals surface area contributed by atoms with Gasteiger partial charge < -0.3 is 23.8 Å². The van der Waals surface area contributed by atoms with Crippen LogP contribution in [0.15, 0.2) is 36.9 Å². The summed E-state index contributed by atoms with van der Waals surface area (Å²) in [6, 6.07) is 3.29. The first-order chi connectivity index (χ1) is 15.7. The molecule has 0 fully saturated rings. The molecule has 33 heavy (non-hydrogen) atoms. The van der Waals surface area contributed by atoms with E-state index in [1.165, 1.54) is 23.5 Å². The molecule has 0 aromatic heterocycles. The summed E-state index contributed by atoms with van der Waals surface area (Å²) >= 11 is 2.59. The molecule has 2 aliphatic heterocycles. The molecule has 1 aromatic carbocycles. The van der Waals surface area contributed by atoms with Gasteiger partial charge in [-0.3, -0.25) is 0 Å². The Kier molecular flexibility index (Phi) is 7.96. The number of ether oxygens (including phenoxy) is 4. The molecule has 3 rings (SSSR count). The zero-order valence-corrected chi connectivity index (χ0v) is 20.6. The molecule has 0 amide bonds. The normalized spacial score (nSPS) is 15.1. The van der Waals surface area contributed by atoms with Crippen molar-refractivity contribution in [1.29, 1.82) is 0 Å². The number of rotatable bonds is 8. The van der Waals surface area contributed by atoms with Crippen molar-refractivity contribution < 1.29 is 38.2 Å². The van der Waals surface area contributed by atoms with Crippen LogP contribution in [0.2, 0.25) is 0 Å². The zero-order chi connectivity index (χ0) is 24.2. The van der Waals surface area contributed by atoms with Gasteiger partial charge in [0.2, 0.25) is 0 Å². The Balaban J connectivity index is 1.95. The third kappa shape index (κ3) is 5.83. The first kappa shape index (κ1) is 25.0. The Hall–Kier alpha value is -2.66. The minimum atomic E-state index is -0.536. The van der Waals surface area contributed by atoms with E-state index in [2.05, 4.69) is 5.16 Å². The van der Waals surface area contributed by atoms with Gasteiger partial charge in [-0.2, -0.15) is 0 Å². The second-order valence-electron chi connectivity index (χ2n) is 7.84. The van der Waals surface area contributed by atoms with Crippen LogP contribution in [0.5, 0.6) is 11.5 Å². The van der Waals surface area contributed by atoms with Crippen LogP contribution in [-0.2, 0) is 28.7 Å². The smallest absolute Gasteiger partial charge is 0.369 e. The molecule has 0 N–H and O–H groups in total. The van der Waals surface area contributed by atoms with E-state index < -0.39 is 23.3 Å². The molecule has 0 unspecified atom stereocenters. The lowest BCUT2D eigenvalue weighted by atomic mass is 9.86. The third-order valence-corrected chi connectivity index (χ3v) is 6.93. The van der Waals surface area contributed by atoms with Crippen molar-refractivity contribution in [3.63, 3.8) is 0 Å². The van der Waals surface area contributed by atoms with E-state index in [1.807, 2.05) is 20.8 Å². The summed E-state index contributed by atoms with van der Waals surface area (Å²) in [5.74, 6) is -0.675. The summed E-state index contributed by atoms with van der Waals surface area (Å²) in [7, 11) is 0. The fourth-order valence-corrected chi connectivity index (χ4v) is 5.59. The lowest BCUT2D eigenvalue weighted by Crippen LogP contribution is -2.22. The number of nitrogens with zero attached hydrogens (tertiary/aromatic N) is 1. The third-order valence-electron chi connectivity index (χ3n) is 4.31. The highest BCUT2D eigenvalue weighted by molar-refractivity contribution is 8.25. The Morgan fingerprint density at radius 2 is 1.42 bits per heavy atom. The summed E-state index contributed by atoms with van der Waals surface area (Å²) in [5.41, 5.74) is 0.497. The molecule has 0 radical (unpaired) electrons. The maximum atomic E-state index is 12.5. The summed E-state index contributed by atoms with van der Waals surface area (Å²) in [4.78, 5) is 42.3. The number of carbonyl (C=O) groups is 3. The molecule has 178 valence electrons. The highest BCUT2D eigenvalue weighted by Crippen LogP contribution is 2.59. The van der Waals surface area contributed by atoms with Crippen molar-refractivity contribution in [2.24, 2.45) is 10.6 Å². The van der Waals surface area contributed by atoms with Crippen LogP contribution in [0.25, 0.3) is 0 Å². The van der Waals surface area contributed by atoms with E-state index in [1.54, 1.807) is 26.0 Å². The van der Waals surface area contributed by atoms with Crippen LogP contribution < -0.4 is 9.47 Å². The standard InChI is InChI=1S/C22H25NO8S2/c1-6-27-14(24)10-29-12-8-9-13(30-11-15(25)28-7-2)18-17(12)32-21(33-18)16-19(22(3,4)5)23-31-20(16)26/h8-9H,6-7,10-11H2,1-5H3. The van der Waals surface area contributed by atoms with Gasteiger partial charge in [0.25, 0.3) is 0 Å². The number of oxime groups is 1. The minimum Gasteiger partial charge on any atom is -0.481 e. The summed E-state index contributed by atoms with van der Waals surface area (Å²) in [6.07, 6.45) is 0. The molecule has 0 atom stereocenters. The lowest BCUT2D eigenvalue weighted by Gasteiger charge is -2.17. The van der Waals surface area contributed by atoms with E-state index in [0.717, 1.165) is 0 Å². The number of carbonyl (C=O) groups excluding carboxylic acids is 3. The average molecular weight is 496 g/mol. The predicted octanol–water partition coefficient (Wildman–Crippen LogP) is 3.94. The first-order valence-electron chi connectivity index (χ1n) is 10.3. The second-order valence-corrected chi connectivity index (χ2v) is 10.1. The van der Waals surface area contributed by atoms with Crippen LogP contribution >= 0.6 is 23.5 Å². The molecular formula is C22H25NO8S2. The maximum Gasteiger partial charge on any atom is 0.369 e. The fourth-order valence-electron chi connectivity index (χ4n) is 2.90. The van der Waals surface area contributed by atoms with Crippen LogP contribution in [0, 0.1) is 5.41 Å². The number of hydrogen-bond acceptors (Lipinski definition) is 11. The molecule has 0 aliphatic carbocycles. The summed E-state index contributed by atoms with van der Waals surface area (Å²) in [5, 5.41) is 3.98. The van der Waals surface area contributed by atoms with Gasteiger partial charge in [-0.25, -0.2) is 14.4 Å². The minimum absolute atomic E-state index is 0.249. The van der Waals surface area contributed by atoms with Crippen LogP contribution in [0.1, 0.15) is 34.6 Å². The van der Waals surface area contributed by atoms with Gasteiger partial charge in [-0.15, -0.1) is 0 Å². The lowest BCUT2D eigenvalue weighted by molar-refractivity contribution is -0.146. The van der Waals surface area contributed by atoms with Gasteiger partial charge in [0.15, 0.2) is 13.2 Å². The zero-order valence-electron chi connectivity index (χ0n) is 19.0. The largest absolute Gasteiger partial charge is 0.481 e. The number of esters is 2. The van der Waals surface area contributed by atoms with Crippen LogP contribution in [-0.4, -0.2) is 50.0 Å². The van der Waals surface area contributed by atoms with Gasteiger partial charge in [0.05, 0.1) is 27.2 Å². The van der Waals surface area contributed by atoms with Crippen molar-refractivity contribution in [1.82, 2.24) is 0 Å². The summed E-state index contributed by atoms with van der Waals surface area (Å²) in [6.45, 7) is 9.21. The van der Waals surface area contributed by atoms with Crippen molar-refractivity contribution in [3.05, 3.63) is 21.9 Å². The predicted molar refractivity (Wildman–Crippen MR) is 122 cm³/mol. The molecule has 2 heterocycles. The number of hydrogen-bond donors (Lipinski definition) is 0. The Morgan fingerprint density at radius 3 is 1.85 bits per heavy atom. The molecular weight excluding hydrogens is 470 g/mol. The molecule has 0 saturated heterocycles. The average Bonchev–Trinajstić information content (AvgIpc) is 3.35. The van der Waals surface area contributed by atoms with E-state index in [0.29, 0.717) is 36.8 Å². The van der Waals surface area contributed by atoms with E-state index in [-0.39, 0.29) is 26.4 Å². The molecule has 2 aliphatic rings. The first-order valence-corrected chi connectivity index (χ1v) is 11.9. The Labute approximate surface area is 200 Å². The van der Waals surface area contributed by atoms with Gasteiger partial charge in [0.1, 0.15) is 22.8 Å². The molecule has 9 nitrogen and oxygen atoms in total. The van der Waals surface area contributed by atoms with E-state index in [9.17, 15) is 14.4 Å². The molecule has 11 heteroatoms. The second kappa shape index (κ2) is 10.5.